The molecule has 2 fully saturated rings. The molecule has 112 valence electrons. The SMILES string of the molecule is COCCN(CCO)C1CCOC2(CCSCC2)C1. The predicted octanol–water partition coefficient (Wildman–Crippen LogP) is 1.37. The molecule has 0 saturated carbocycles. The van der Waals surface area contributed by atoms with Crippen molar-refractivity contribution in [2.75, 3.05) is 51.5 Å². The van der Waals surface area contributed by atoms with Gasteiger partial charge in [0, 0.05) is 32.8 Å². The van der Waals surface area contributed by atoms with E-state index >= 15 is 0 Å². The minimum Gasteiger partial charge on any atom is -0.395 e. The minimum atomic E-state index is 0.120. The van der Waals surface area contributed by atoms with Crippen LogP contribution < -0.4 is 0 Å². The van der Waals surface area contributed by atoms with Gasteiger partial charge in [0.05, 0.1) is 18.8 Å². The Morgan fingerprint density at radius 1 is 1.37 bits per heavy atom. The Morgan fingerprint density at radius 3 is 2.84 bits per heavy atom. The summed E-state index contributed by atoms with van der Waals surface area (Å²) in [6, 6.07) is 0.541. The zero-order chi connectivity index (χ0) is 13.6. The molecule has 19 heavy (non-hydrogen) atoms. The largest absolute Gasteiger partial charge is 0.395 e. The lowest BCUT2D eigenvalue weighted by atomic mass is 9.85. The Kier molecular flexibility index (Phi) is 6.42. The molecule has 1 N–H and O–H groups in total. The molecule has 4 nitrogen and oxygen atoms in total. The zero-order valence-electron chi connectivity index (χ0n) is 12.0. The Bertz CT molecular complexity index is 254. The number of thioether (sulfide) groups is 1. The minimum absolute atomic E-state index is 0.120. The second-order valence-electron chi connectivity index (χ2n) is 5.54. The van der Waals surface area contributed by atoms with E-state index in [9.17, 15) is 5.11 Å². The van der Waals surface area contributed by atoms with Gasteiger partial charge in [-0.1, -0.05) is 0 Å². The van der Waals surface area contributed by atoms with Crippen molar-refractivity contribution >= 4 is 11.8 Å². The van der Waals surface area contributed by atoms with Crippen LogP contribution in [0, 0.1) is 0 Å². The first kappa shape index (κ1) is 15.6. The van der Waals surface area contributed by atoms with Gasteiger partial charge in [0.15, 0.2) is 0 Å². The highest BCUT2D eigenvalue weighted by Crippen LogP contribution is 2.38. The molecule has 1 atom stereocenters. The monoisotopic (exact) mass is 289 g/mol. The van der Waals surface area contributed by atoms with Crippen molar-refractivity contribution in [3.8, 4) is 0 Å². The summed E-state index contributed by atoms with van der Waals surface area (Å²) in [5.41, 5.74) is 0.120. The lowest BCUT2D eigenvalue weighted by molar-refractivity contribution is -0.112. The topological polar surface area (TPSA) is 41.9 Å². The summed E-state index contributed by atoms with van der Waals surface area (Å²) in [7, 11) is 1.74. The van der Waals surface area contributed by atoms with Gasteiger partial charge in [-0.25, -0.2) is 0 Å². The van der Waals surface area contributed by atoms with Gasteiger partial charge in [-0.3, -0.25) is 4.90 Å². The smallest absolute Gasteiger partial charge is 0.0713 e. The third-order valence-electron chi connectivity index (χ3n) is 4.36. The Morgan fingerprint density at radius 2 is 2.16 bits per heavy atom. The average molecular weight is 289 g/mol. The van der Waals surface area contributed by atoms with Crippen LogP contribution in [0.3, 0.4) is 0 Å². The molecule has 0 aliphatic carbocycles. The van der Waals surface area contributed by atoms with Crippen LogP contribution in [0.25, 0.3) is 0 Å². The highest BCUT2D eigenvalue weighted by atomic mass is 32.2. The van der Waals surface area contributed by atoms with Crippen LogP contribution >= 0.6 is 11.8 Å². The van der Waals surface area contributed by atoms with Crippen LogP contribution in [0.15, 0.2) is 0 Å². The van der Waals surface area contributed by atoms with Gasteiger partial charge in [-0.05, 0) is 37.2 Å². The fourth-order valence-electron chi connectivity index (χ4n) is 3.22. The van der Waals surface area contributed by atoms with Gasteiger partial charge in [-0.2, -0.15) is 11.8 Å². The molecule has 2 heterocycles. The maximum Gasteiger partial charge on any atom is 0.0713 e. The standard InChI is InChI=1S/C14H27NO3S/c1-17-9-6-15(5-7-16)13-2-8-18-14(12-13)3-10-19-11-4-14/h13,16H,2-12H2,1H3. The van der Waals surface area contributed by atoms with Gasteiger partial charge in [0.25, 0.3) is 0 Å². The number of methoxy groups -OCH3 is 1. The van der Waals surface area contributed by atoms with Crippen molar-refractivity contribution in [2.24, 2.45) is 0 Å². The molecule has 2 saturated heterocycles. The quantitative estimate of drug-likeness (QED) is 0.800. The zero-order valence-corrected chi connectivity index (χ0v) is 12.8. The number of aliphatic hydroxyl groups excluding tert-OH is 1. The molecule has 0 bridgehead atoms. The van der Waals surface area contributed by atoms with E-state index in [0.29, 0.717) is 6.04 Å². The number of ether oxygens (including phenoxy) is 2. The maximum atomic E-state index is 9.25. The summed E-state index contributed by atoms with van der Waals surface area (Å²) >= 11 is 2.04. The summed E-state index contributed by atoms with van der Waals surface area (Å²) in [4.78, 5) is 2.38. The molecule has 0 aromatic heterocycles. The highest BCUT2D eigenvalue weighted by molar-refractivity contribution is 7.99. The molecule has 0 amide bonds. The van der Waals surface area contributed by atoms with Crippen molar-refractivity contribution in [3.05, 3.63) is 0 Å². The number of hydrogen-bond acceptors (Lipinski definition) is 5. The van der Waals surface area contributed by atoms with E-state index in [1.807, 2.05) is 11.8 Å². The van der Waals surface area contributed by atoms with E-state index in [4.69, 9.17) is 9.47 Å². The van der Waals surface area contributed by atoms with Crippen molar-refractivity contribution in [3.63, 3.8) is 0 Å². The van der Waals surface area contributed by atoms with Gasteiger partial charge >= 0.3 is 0 Å². The van der Waals surface area contributed by atoms with E-state index in [0.717, 1.165) is 39.1 Å². The number of nitrogens with zero attached hydrogens (tertiary/aromatic N) is 1. The number of aliphatic hydroxyl groups is 1. The summed E-state index contributed by atoms with van der Waals surface area (Å²) in [5.74, 6) is 2.45. The van der Waals surface area contributed by atoms with Crippen LogP contribution in [-0.4, -0.2) is 73.2 Å². The Hall–Kier alpha value is 0.190. The molecule has 1 spiro atoms. The second kappa shape index (κ2) is 7.84. The predicted molar refractivity (Wildman–Crippen MR) is 78.8 cm³/mol. The van der Waals surface area contributed by atoms with E-state index < -0.39 is 0 Å². The van der Waals surface area contributed by atoms with Crippen LogP contribution in [0.5, 0.6) is 0 Å². The molecule has 0 radical (unpaired) electrons. The molecule has 2 rings (SSSR count). The van der Waals surface area contributed by atoms with Crippen molar-refractivity contribution in [1.82, 2.24) is 4.90 Å². The van der Waals surface area contributed by atoms with Gasteiger partial charge in [0.1, 0.15) is 0 Å². The van der Waals surface area contributed by atoms with E-state index in [1.54, 1.807) is 7.11 Å². The van der Waals surface area contributed by atoms with Crippen molar-refractivity contribution in [2.45, 2.75) is 37.3 Å². The van der Waals surface area contributed by atoms with E-state index in [-0.39, 0.29) is 12.2 Å². The van der Waals surface area contributed by atoms with Gasteiger partial charge in [-0.15, -0.1) is 0 Å². The van der Waals surface area contributed by atoms with Crippen LogP contribution in [0.1, 0.15) is 25.7 Å². The third-order valence-corrected chi connectivity index (χ3v) is 5.34. The highest BCUT2D eigenvalue weighted by Gasteiger charge is 2.40. The molecule has 1 unspecified atom stereocenters. The molecule has 0 aromatic rings. The normalized spacial score (nSPS) is 27.0. The first-order valence-electron chi connectivity index (χ1n) is 7.35. The van der Waals surface area contributed by atoms with Crippen LogP contribution in [0.4, 0.5) is 0 Å². The third kappa shape index (κ3) is 4.33. The fraction of sp³-hybridized carbons (Fsp3) is 1.00. The lowest BCUT2D eigenvalue weighted by Crippen LogP contribution is -2.51. The number of rotatable bonds is 6. The first-order valence-corrected chi connectivity index (χ1v) is 8.51. The molecular formula is C14H27NO3S. The molecular weight excluding hydrogens is 262 g/mol. The van der Waals surface area contributed by atoms with Crippen LogP contribution in [0.2, 0.25) is 0 Å². The summed E-state index contributed by atoms with van der Waals surface area (Å²) in [5, 5.41) is 9.25. The summed E-state index contributed by atoms with van der Waals surface area (Å²) in [6.45, 7) is 3.49. The van der Waals surface area contributed by atoms with E-state index in [1.165, 1.54) is 24.3 Å². The molecule has 2 aliphatic heterocycles. The van der Waals surface area contributed by atoms with Crippen molar-refractivity contribution < 1.29 is 14.6 Å². The number of hydrogen-bond donors (Lipinski definition) is 1. The molecule has 0 aromatic carbocycles. The maximum absolute atomic E-state index is 9.25. The average Bonchev–Trinajstić information content (AvgIpc) is 2.44. The summed E-state index contributed by atoms with van der Waals surface area (Å²) < 4.78 is 11.3. The summed E-state index contributed by atoms with van der Waals surface area (Å²) in [6.07, 6.45) is 4.58. The Labute approximate surface area is 120 Å². The van der Waals surface area contributed by atoms with Gasteiger partial charge in [0.2, 0.25) is 0 Å². The fourth-order valence-corrected chi connectivity index (χ4v) is 4.46. The van der Waals surface area contributed by atoms with Crippen molar-refractivity contribution in [1.29, 1.82) is 0 Å². The Balaban J connectivity index is 1.93. The van der Waals surface area contributed by atoms with Gasteiger partial charge < -0.3 is 14.6 Å². The van der Waals surface area contributed by atoms with Crippen LogP contribution in [-0.2, 0) is 9.47 Å². The second-order valence-corrected chi connectivity index (χ2v) is 6.77. The molecule has 5 heteroatoms. The lowest BCUT2D eigenvalue weighted by Gasteiger charge is -2.46. The first-order chi connectivity index (χ1) is 9.29. The molecule has 2 aliphatic rings. The van der Waals surface area contributed by atoms with E-state index in [2.05, 4.69) is 4.90 Å².